The Hall–Kier alpha value is -10.9. The number of carbonyl (C=O) groups is 2. The Morgan fingerprint density at radius 2 is 0.342 bits per heavy atom. The molecule has 0 aliphatic carbocycles. The minimum atomic E-state index is 0. The third-order valence-corrected chi connectivity index (χ3v) is 17.7. The Morgan fingerprint density at radius 3 is 0.474 bits per heavy atom. The van der Waals surface area contributed by atoms with Crippen molar-refractivity contribution in [1.29, 1.82) is 0 Å². The highest BCUT2D eigenvalue weighted by Crippen LogP contribution is 2.33. The van der Waals surface area contributed by atoms with Crippen LogP contribution in [-0.4, -0.2) is 68.4 Å². The first-order valence-corrected chi connectivity index (χ1v) is 38.4. The number of Topliss-reactive ketones (excluding diaryl/α,β-unsaturated/α-hetero) is 1. The molecule has 12 rings (SSSR count). The molecule has 0 atom stereocenters. The summed E-state index contributed by atoms with van der Waals surface area (Å²) in [7, 11) is 13.2. The van der Waals surface area contributed by atoms with Gasteiger partial charge in [0.05, 0.1) is 28.4 Å². The Morgan fingerprint density at radius 1 is 0.202 bits per heavy atom. The molecule has 0 bridgehead atoms. The lowest BCUT2D eigenvalue weighted by atomic mass is 9.78. The average Bonchev–Trinajstić information content (AvgIpc) is 0.815. The first-order chi connectivity index (χ1) is 53.6. The van der Waals surface area contributed by atoms with E-state index < -0.39 is 0 Å². The quantitative estimate of drug-likeness (QED) is 0.118. The van der Waals surface area contributed by atoms with Crippen LogP contribution in [0.3, 0.4) is 0 Å². The van der Waals surface area contributed by atoms with Crippen molar-refractivity contribution >= 4 is 11.6 Å². The van der Waals surface area contributed by atoms with Crippen LogP contribution in [0.5, 0.6) is 23.0 Å². The summed E-state index contributed by atoms with van der Waals surface area (Å²) < 4.78 is 28.8. The summed E-state index contributed by atoms with van der Waals surface area (Å²) >= 11 is 0. The monoisotopic (exact) mass is 1540 g/mol. The first kappa shape index (κ1) is 101. The second-order valence-corrected chi connectivity index (χ2v) is 31.6. The van der Waals surface area contributed by atoms with E-state index in [0.717, 1.165) is 39.7 Å². The molecule has 114 heavy (non-hydrogen) atoms. The number of methoxy groups -OCH3 is 6. The Balaban J connectivity index is 0.000000639. The lowest BCUT2D eigenvalue weighted by Crippen LogP contribution is -2.18. The maximum atomic E-state index is 11.8. The van der Waals surface area contributed by atoms with Crippen LogP contribution in [0.25, 0.3) is 0 Å². The molecule has 8 heteroatoms. The molecular weight excluding hydrogens is 1400 g/mol. The Labute approximate surface area is 690 Å². The number of carbonyl (C=O) groups excluding carboxylic acids is 2. The van der Waals surface area contributed by atoms with E-state index in [0.29, 0.717) is 0 Å². The molecular formula is C106H136O8. The third kappa shape index (κ3) is 40.0. The number of ether oxygens (including phenoxy) is 6. The standard InChI is InChI=1S/2C15H16.C13H10O.4C11H16O.C8H8O.C6H6.2C2H6O.CH4/c2*1-15(2,13-9-5-3-6-10-13)14-11-7-4-8-12-14;14-13(11-7-3-1-4-8-11)12-9-5-2-6-10-12;4*1-11(2,3)9-5-7-10(12-4)8-6-9;1-7(9)8-5-3-2-4-6-8;1-2-4-6-5-3-1;2*1-3-2;/h2*3-12H,1-2H3;1-10H;4*5-8H,1-4H3;2-6H,1H3;1-6H;2*1-2H3;1H4. The van der Waals surface area contributed by atoms with Gasteiger partial charge in [0.25, 0.3) is 0 Å². The van der Waals surface area contributed by atoms with Crippen molar-refractivity contribution in [1.82, 2.24) is 0 Å². The van der Waals surface area contributed by atoms with Crippen molar-refractivity contribution < 1.29 is 38.0 Å². The van der Waals surface area contributed by atoms with E-state index in [9.17, 15) is 9.59 Å². The van der Waals surface area contributed by atoms with Gasteiger partial charge in [0.2, 0.25) is 0 Å². The van der Waals surface area contributed by atoms with Crippen molar-refractivity contribution in [3.63, 3.8) is 0 Å². The van der Waals surface area contributed by atoms with Gasteiger partial charge in [-0.25, -0.2) is 0 Å². The number of benzene rings is 12. The zero-order valence-corrected chi connectivity index (χ0v) is 72.7. The van der Waals surface area contributed by atoms with E-state index in [2.05, 4.69) is 290 Å². The fraction of sp³-hybridized carbons (Fsp3) is 0.302. The van der Waals surface area contributed by atoms with Gasteiger partial charge in [0.1, 0.15) is 23.0 Å². The molecule has 0 aliphatic heterocycles. The van der Waals surface area contributed by atoms with Gasteiger partial charge in [-0.15, -0.1) is 0 Å². The molecule has 12 aromatic rings. The average molecular weight is 1540 g/mol. The fourth-order valence-corrected chi connectivity index (χ4v) is 10.5. The minimum absolute atomic E-state index is 0. The van der Waals surface area contributed by atoms with E-state index >= 15 is 0 Å². The van der Waals surface area contributed by atoms with E-state index in [-0.39, 0.29) is 51.5 Å². The second kappa shape index (κ2) is 53.9. The van der Waals surface area contributed by atoms with Crippen molar-refractivity contribution in [2.45, 2.75) is 158 Å². The van der Waals surface area contributed by atoms with E-state index in [1.807, 2.05) is 176 Å². The predicted molar refractivity (Wildman–Crippen MR) is 489 cm³/mol. The summed E-state index contributed by atoms with van der Waals surface area (Å²) in [5.41, 5.74) is 14.1. The highest BCUT2D eigenvalue weighted by molar-refractivity contribution is 6.08. The van der Waals surface area contributed by atoms with E-state index in [1.54, 1.807) is 63.8 Å². The van der Waals surface area contributed by atoms with Crippen LogP contribution in [0, 0.1) is 0 Å². The first-order valence-electron chi connectivity index (χ1n) is 38.4. The SMILES string of the molecule is C.CC(=O)c1ccccc1.CC(C)(c1ccccc1)c1ccccc1.CC(C)(c1ccccc1)c1ccccc1.COC.COC.COc1ccc(C(C)(C)C)cc1.COc1ccc(C(C)(C)C)cc1.COc1ccc(C(C)(C)C)cc1.COc1ccc(C(C)(C)C)cc1.O=C(c1ccccc1)c1ccccc1.c1ccccc1. The molecule has 0 heterocycles. The van der Waals surface area contributed by atoms with Gasteiger partial charge >= 0.3 is 0 Å². The molecule has 0 saturated carbocycles. The second-order valence-electron chi connectivity index (χ2n) is 31.6. The van der Waals surface area contributed by atoms with Crippen molar-refractivity contribution in [3.8, 4) is 23.0 Å². The minimum Gasteiger partial charge on any atom is -0.497 e. The van der Waals surface area contributed by atoms with Gasteiger partial charge < -0.3 is 28.4 Å². The Kier molecular flexibility index (Phi) is 47.8. The number of hydrogen-bond donors (Lipinski definition) is 0. The van der Waals surface area contributed by atoms with Gasteiger partial charge in [-0.1, -0.05) is 415 Å². The zero-order valence-electron chi connectivity index (χ0n) is 72.7. The molecule has 0 amide bonds. The molecule has 0 saturated heterocycles. The Bertz CT molecular complexity index is 3860. The fourth-order valence-electron chi connectivity index (χ4n) is 10.5. The van der Waals surface area contributed by atoms with Gasteiger partial charge in [0.15, 0.2) is 11.6 Å². The van der Waals surface area contributed by atoms with Crippen LogP contribution in [0.4, 0.5) is 0 Å². The number of rotatable bonds is 11. The van der Waals surface area contributed by atoms with E-state index in [1.165, 1.54) is 44.5 Å². The van der Waals surface area contributed by atoms with Crippen LogP contribution in [0.15, 0.2) is 346 Å². The van der Waals surface area contributed by atoms with Gasteiger partial charge in [0, 0.05) is 56.0 Å². The molecule has 0 radical (unpaired) electrons. The van der Waals surface area contributed by atoms with Crippen molar-refractivity contribution in [2.75, 3.05) is 56.9 Å². The lowest BCUT2D eigenvalue weighted by molar-refractivity contribution is 0.101. The molecule has 0 unspecified atom stereocenters. The number of hydrogen-bond acceptors (Lipinski definition) is 8. The summed E-state index contributed by atoms with van der Waals surface area (Å²) in [5.74, 6) is 3.87. The topological polar surface area (TPSA) is 89.5 Å². The van der Waals surface area contributed by atoms with Crippen molar-refractivity contribution in [3.05, 3.63) is 407 Å². The maximum Gasteiger partial charge on any atom is 0.193 e. The van der Waals surface area contributed by atoms with Crippen LogP contribution in [-0.2, 0) is 42.0 Å². The summed E-state index contributed by atoms with van der Waals surface area (Å²) in [5, 5.41) is 0. The summed E-state index contributed by atoms with van der Waals surface area (Å²) in [6, 6.07) is 115. The smallest absolute Gasteiger partial charge is 0.193 e. The highest BCUT2D eigenvalue weighted by atomic mass is 16.5. The zero-order chi connectivity index (χ0) is 84.4. The largest absolute Gasteiger partial charge is 0.497 e. The van der Waals surface area contributed by atoms with Crippen LogP contribution < -0.4 is 18.9 Å². The predicted octanol–water partition coefficient (Wildman–Crippen LogP) is 27.7. The van der Waals surface area contributed by atoms with Gasteiger partial charge in [-0.05, 0) is 122 Å². The van der Waals surface area contributed by atoms with E-state index in [4.69, 9.17) is 18.9 Å². The molecule has 0 fully saturated rings. The molecule has 8 nitrogen and oxygen atoms in total. The van der Waals surface area contributed by atoms with Crippen LogP contribution >= 0.6 is 0 Å². The number of ketones is 2. The van der Waals surface area contributed by atoms with Crippen molar-refractivity contribution in [2.24, 2.45) is 0 Å². The molecule has 608 valence electrons. The maximum absolute atomic E-state index is 11.8. The van der Waals surface area contributed by atoms with Crippen LogP contribution in [0.2, 0.25) is 0 Å². The summed E-state index contributed by atoms with van der Waals surface area (Å²) in [6.45, 7) is 37.0. The molecule has 0 aromatic heterocycles. The normalized spacial score (nSPS) is 10.4. The molecule has 12 aromatic carbocycles. The van der Waals surface area contributed by atoms with Gasteiger partial charge in [-0.2, -0.15) is 0 Å². The lowest BCUT2D eigenvalue weighted by Gasteiger charge is -2.25. The highest BCUT2D eigenvalue weighted by Gasteiger charge is 2.24. The molecule has 0 N–H and O–H groups in total. The third-order valence-electron chi connectivity index (χ3n) is 17.7. The van der Waals surface area contributed by atoms with Crippen LogP contribution in [0.1, 0.15) is 196 Å². The van der Waals surface area contributed by atoms with Gasteiger partial charge in [-0.3, -0.25) is 9.59 Å². The summed E-state index contributed by atoms with van der Waals surface area (Å²) in [6.07, 6.45) is 0. The molecule has 0 aliphatic rings. The summed E-state index contributed by atoms with van der Waals surface area (Å²) in [4.78, 5) is 22.5. The molecule has 0 spiro atoms.